The van der Waals surface area contributed by atoms with Gasteiger partial charge in [0.25, 0.3) is 0 Å². The Kier molecular flexibility index (Phi) is 6.01. The summed E-state index contributed by atoms with van der Waals surface area (Å²) in [4.78, 5) is 14.1. The molecule has 0 radical (unpaired) electrons. The summed E-state index contributed by atoms with van der Waals surface area (Å²) in [5, 5.41) is 3.03. The van der Waals surface area contributed by atoms with Crippen molar-refractivity contribution < 1.29 is 4.79 Å². The van der Waals surface area contributed by atoms with Crippen LogP contribution in [0, 0.1) is 0 Å². The molecule has 2 aromatic rings. The predicted molar refractivity (Wildman–Crippen MR) is 93.1 cm³/mol. The molecule has 0 atom stereocenters. The molecular weight excluding hydrogens is 272 g/mol. The van der Waals surface area contributed by atoms with E-state index in [4.69, 9.17) is 0 Å². The second kappa shape index (κ2) is 8.23. The summed E-state index contributed by atoms with van der Waals surface area (Å²) in [5.41, 5.74) is 3.16. The second-order valence-corrected chi connectivity index (χ2v) is 5.51. The number of nitrogens with zero attached hydrogens (tertiary/aromatic N) is 1. The monoisotopic (exact) mass is 296 g/mol. The van der Waals surface area contributed by atoms with Crippen molar-refractivity contribution in [1.29, 1.82) is 0 Å². The molecule has 0 unspecified atom stereocenters. The SMILES string of the molecule is CCCCC(=O)Nc1ccccc1N(C)Cc1ccccc1. The summed E-state index contributed by atoms with van der Waals surface area (Å²) in [7, 11) is 2.05. The highest BCUT2D eigenvalue weighted by atomic mass is 16.1. The first-order valence-corrected chi connectivity index (χ1v) is 7.84. The number of rotatable bonds is 7. The molecule has 0 aliphatic carbocycles. The Morgan fingerprint density at radius 3 is 2.45 bits per heavy atom. The zero-order valence-corrected chi connectivity index (χ0v) is 13.4. The largest absolute Gasteiger partial charge is 0.369 e. The Morgan fingerprint density at radius 2 is 1.73 bits per heavy atom. The lowest BCUT2D eigenvalue weighted by Crippen LogP contribution is -2.20. The average molecular weight is 296 g/mol. The maximum atomic E-state index is 12.0. The van der Waals surface area contributed by atoms with E-state index in [1.807, 2.05) is 49.5 Å². The van der Waals surface area contributed by atoms with E-state index in [1.165, 1.54) is 5.56 Å². The van der Waals surface area contributed by atoms with Crippen LogP contribution in [0.5, 0.6) is 0 Å². The van der Waals surface area contributed by atoms with Crippen LogP contribution in [0.4, 0.5) is 11.4 Å². The third kappa shape index (κ3) is 4.62. The fourth-order valence-electron chi connectivity index (χ4n) is 2.40. The first-order valence-electron chi connectivity index (χ1n) is 7.84. The lowest BCUT2D eigenvalue weighted by Gasteiger charge is -2.22. The van der Waals surface area contributed by atoms with Crippen LogP contribution in [0.2, 0.25) is 0 Å². The molecule has 2 aromatic carbocycles. The van der Waals surface area contributed by atoms with E-state index in [1.54, 1.807) is 0 Å². The van der Waals surface area contributed by atoms with Gasteiger partial charge in [-0.2, -0.15) is 0 Å². The lowest BCUT2D eigenvalue weighted by molar-refractivity contribution is -0.116. The number of unbranched alkanes of at least 4 members (excludes halogenated alkanes) is 1. The van der Waals surface area contributed by atoms with E-state index in [9.17, 15) is 4.79 Å². The van der Waals surface area contributed by atoms with E-state index in [-0.39, 0.29) is 5.91 Å². The summed E-state index contributed by atoms with van der Waals surface area (Å²) < 4.78 is 0. The molecule has 0 aromatic heterocycles. The molecule has 0 bridgehead atoms. The summed E-state index contributed by atoms with van der Waals surface area (Å²) in [6, 6.07) is 18.3. The Bertz CT molecular complexity index is 595. The number of hydrogen-bond donors (Lipinski definition) is 1. The molecule has 0 spiro atoms. The van der Waals surface area contributed by atoms with Crippen LogP contribution < -0.4 is 10.2 Å². The lowest BCUT2D eigenvalue weighted by atomic mass is 10.2. The summed E-state index contributed by atoms with van der Waals surface area (Å²) in [6.07, 6.45) is 2.53. The number of carbonyl (C=O) groups excluding carboxylic acids is 1. The number of nitrogens with one attached hydrogen (secondary N) is 1. The highest BCUT2D eigenvalue weighted by Gasteiger charge is 2.10. The topological polar surface area (TPSA) is 32.3 Å². The summed E-state index contributed by atoms with van der Waals surface area (Å²) in [6.45, 7) is 2.90. The molecule has 1 N–H and O–H groups in total. The fourth-order valence-corrected chi connectivity index (χ4v) is 2.40. The van der Waals surface area contributed by atoms with Gasteiger partial charge in [-0.25, -0.2) is 0 Å². The Hall–Kier alpha value is -2.29. The molecule has 0 saturated carbocycles. The number of para-hydroxylation sites is 2. The van der Waals surface area contributed by atoms with Crippen molar-refractivity contribution >= 4 is 17.3 Å². The van der Waals surface area contributed by atoms with Crippen molar-refractivity contribution in [2.75, 3.05) is 17.3 Å². The predicted octanol–water partition coefficient (Wildman–Crippen LogP) is 4.45. The van der Waals surface area contributed by atoms with Gasteiger partial charge in [-0.15, -0.1) is 0 Å². The smallest absolute Gasteiger partial charge is 0.224 e. The molecule has 3 nitrogen and oxygen atoms in total. The van der Waals surface area contributed by atoms with Gasteiger partial charge in [-0.3, -0.25) is 4.79 Å². The van der Waals surface area contributed by atoms with Crippen LogP contribution in [-0.4, -0.2) is 13.0 Å². The minimum Gasteiger partial charge on any atom is -0.369 e. The van der Waals surface area contributed by atoms with Gasteiger partial charge in [0.15, 0.2) is 0 Å². The van der Waals surface area contributed by atoms with Gasteiger partial charge in [-0.05, 0) is 24.1 Å². The Balaban J connectivity index is 2.08. The van der Waals surface area contributed by atoms with E-state index in [2.05, 4.69) is 29.3 Å². The molecule has 3 heteroatoms. The van der Waals surface area contributed by atoms with Crippen LogP contribution in [0.3, 0.4) is 0 Å². The fraction of sp³-hybridized carbons (Fsp3) is 0.316. The molecule has 0 heterocycles. The maximum Gasteiger partial charge on any atom is 0.224 e. The summed E-state index contributed by atoms with van der Waals surface area (Å²) in [5.74, 6) is 0.0856. The second-order valence-electron chi connectivity index (χ2n) is 5.51. The van der Waals surface area contributed by atoms with E-state index >= 15 is 0 Å². The van der Waals surface area contributed by atoms with Crippen molar-refractivity contribution in [3.8, 4) is 0 Å². The van der Waals surface area contributed by atoms with Crippen molar-refractivity contribution in [3.05, 3.63) is 60.2 Å². The molecule has 1 amide bonds. The Labute approximate surface area is 133 Å². The maximum absolute atomic E-state index is 12.0. The van der Waals surface area contributed by atoms with Crippen molar-refractivity contribution in [1.82, 2.24) is 0 Å². The minimum atomic E-state index is 0.0856. The zero-order valence-electron chi connectivity index (χ0n) is 13.4. The van der Waals surface area contributed by atoms with Gasteiger partial charge in [0.05, 0.1) is 11.4 Å². The van der Waals surface area contributed by atoms with Crippen LogP contribution in [0.1, 0.15) is 31.7 Å². The first kappa shape index (κ1) is 16.1. The molecule has 0 aliphatic heterocycles. The van der Waals surface area contributed by atoms with Crippen molar-refractivity contribution in [2.24, 2.45) is 0 Å². The number of hydrogen-bond acceptors (Lipinski definition) is 2. The molecular formula is C19H24N2O. The minimum absolute atomic E-state index is 0.0856. The first-order chi connectivity index (χ1) is 10.7. The van der Waals surface area contributed by atoms with Crippen molar-refractivity contribution in [2.45, 2.75) is 32.7 Å². The molecule has 0 aliphatic rings. The molecule has 22 heavy (non-hydrogen) atoms. The molecule has 0 fully saturated rings. The van der Waals surface area contributed by atoms with Gasteiger partial charge < -0.3 is 10.2 Å². The van der Waals surface area contributed by atoms with Crippen LogP contribution in [-0.2, 0) is 11.3 Å². The zero-order chi connectivity index (χ0) is 15.8. The van der Waals surface area contributed by atoms with Crippen LogP contribution >= 0.6 is 0 Å². The average Bonchev–Trinajstić information content (AvgIpc) is 2.54. The summed E-state index contributed by atoms with van der Waals surface area (Å²) >= 11 is 0. The highest BCUT2D eigenvalue weighted by molar-refractivity contribution is 5.94. The van der Waals surface area contributed by atoms with Gasteiger partial charge in [-0.1, -0.05) is 55.8 Å². The molecule has 2 rings (SSSR count). The van der Waals surface area contributed by atoms with E-state index < -0.39 is 0 Å². The third-order valence-electron chi connectivity index (χ3n) is 3.61. The third-order valence-corrected chi connectivity index (χ3v) is 3.61. The van der Waals surface area contributed by atoms with Gasteiger partial charge in [0.1, 0.15) is 0 Å². The normalized spacial score (nSPS) is 10.3. The van der Waals surface area contributed by atoms with Gasteiger partial charge in [0.2, 0.25) is 5.91 Å². The molecule has 0 saturated heterocycles. The molecule has 116 valence electrons. The quantitative estimate of drug-likeness (QED) is 0.818. The van der Waals surface area contributed by atoms with Crippen molar-refractivity contribution in [3.63, 3.8) is 0 Å². The number of carbonyl (C=O) groups is 1. The van der Waals surface area contributed by atoms with Gasteiger partial charge >= 0.3 is 0 Å². The highest BCUT2D eigenvalue weighted by Crippen LogP contribution is 2.26. The van der Waals surface area contributed by atoms with E-state index in [0.717, 1.165) is 30.8 Å². The number of anilines is 2. The van der Waals surface area contributed by atoms with Gasteiger partial charge in [0, 0.05) is 20.0 Å². The standard InChI is InChI=1S/C19H24N2O/c1-3-4-14-19(22)20-17-12-8-9-13-18(17)21(2)15-16-10-6-5-7-11-16/h5-13H,3-4,14-15H2,1-2H3,(H,20,22). The Morgan fingerprint density at radius 1 is 1.05 bits per heavy atom. The van der Waals surface area contributed by atoms with Crippen LogP contribution in [0.25, 0.3) is 0 Å². The number of benzene rings is 2. The van der Waals surface area contributed by atoms with Crippen LogP contribution in [0.15, 0.2) is 54.6 Å². The number of amides is 1. The van der Waals surface area contributed by atoms with E-state index in [0.29, 0.717) is 6.42 Å².